The summed E-state index contributed by atoms with van der Waals surface area (Å²) in [5.74, 6) is 1.99. The molecule has 0 radical (unpaired) electrons. The largest absolute Gasteiger partial charge is 0.497 e. The van der Waals surface area contributed by atoms with Gasteiger partial charge in [0.15, 0.2) is 0 Å². The molecule has 6 nitrogen and oxygen atoms in total. The van der Waals surface area contributed by atoms with Crippen LogP contribution in [-0.2, 0) is 0 Å². The molecule has 6 heteroatoms. The Kier molecular flexibility index (Phi) is 4.94. The van der Waals surface area contributed by atoms with Gasteiger partial charge in [0, 0.05) is 17.7 Å². The quantitative estimate of drug-likeness (QED) is 0.875. The van der Waals surface area contributed by atoms with Crippen LogP contribution >= 0.6 is 0 Å². The summed E-state index contributed by atoms with van der Waals surface area (Å²) in [4.78, 5) is 8.34. The van der Waals surface area contributed by atoms with Gasteiger partial charge in [-0.15, -0.1) is 0 Å². The summed E-state index contributed by atoms with van der Waals surface area (Å²) in [5.41, 5.74) is 1.76. The predicted molar refractivity (Wildman–Crippen MR) is 79.0 cm³/mol. The van der Waals surface area contributed by atoms with Gasteiger partial charge in [-0.3, -0.25) is 0 Å². The van der Waals surface area contributed by atoms with E-state index in [0.29, 0.717) is 5.88 Å². The number of hydrogen-bond acceptors (Lipinski definition) is 6. The molecule has 0 spiro atoms. The number of benzene rings is 1. The monoisotopic (exact) mass is 289 g/mol. The third-order valence-corrected chi connectivity index (χ3v) is 3.21. The van der Waals surface area contributed by atoms with Gasteiger partial charge in [0.05, 0.1) is 33.1 Å². The number of rotatable bonds is 6. The third kappa shape index (κ3) is 3.22. The average molecular weight is 289 g/mol. The number of methoxy groups -OCH3 is 3. The molecular formula is C15H19N3O3. The summed E-state index contributed by atoms with van der Waals surface area (Å²) >= 11 is 0. The molecule has 0 aliphatic carbocycles. The van der Waals surface area contributed by atoms with Crippen LogP contribution in [0.2, 0.25) is 0 Å². The molecule has 21 heavy (non-hydrogen) atoms. The van der Waals surface area contributed by atoms with Crippen molar-refractivity contribution < 1.29 is 14.2 Å². The molecule has 2 rings (SSSR count). The van der Waals surface area contributed by atoms with E-state index in [-0.39, 0.29) is 6.04 Å². The molecule has 1 N–H and O–H groups in total. The summed E-state index contributed by atoms with van der Waals surface area (Å²) < 4.78 is 15.8. The lowest BCUT2D eigenvalue weighted by Gasteiger charge is -2.19. The van der Waals surface area contributed by atoms with Gasteiger partial charge >= 0.3 is 0 Å². The highest BCUT2D eigenvalue weighted by atomic mass is 16.5. The first-order valence-electron chi connectivity index (χ1n) is 6.48. The zero-order valence-corrected chi connectivity index (χ0v) is 12.6. The van der Waals surface area contributed by atoms with Crippen molar-refractivity contribution in [2.45, 2.75) is 6.04 Å². The van der Waals surface area contributed by atoms with E-state index in [9.17, 15) is 0 Å². The first kappa shape index (κ1) is 15.1. The fraction of sp³-hybridized carbons (Fsp3) is 0.333. The van der Waals surface area contributed by atoms with E-state index < -0.39 is 0 Å². The molecule has 1 aromatic carbocycles. The molecule has 112 valence electrons. The number of ether oxygens (including phenoxy) is 3. The van der Waals surface area contributed by atoms with E-state index >= 15 is 0 Å². The molecule has 0 aliphatic rings. The Morgan fingerprint density at radius 2 is 1.81 bits per heavy atom. The Morgan fingerprint density at radius 1 is 1.00 bits per heavy atom. The Morgan fingerprint density at radius 3 is 2.43 bits per heavy atom. The van der Waals surface area contributed by atoms with Crippen LogP contribution in [0.5, 0.6) is 17.4 Å². The normalized spacial score (nSPS) is 11.8. The van der Waals surface area contributed by atoms with Crippen LogP contribution in [-0.4, -0.2) is 38.3 Å². The SMILES string of the molecule is CNC(c1cc(OC)ncn1)c1ccc(OC)cc1OC. The van der Waals surface area contributed by atoms with Crippen molar-refractivity contribution in [3.8, 4) is 17.4 Å². The van der Waals surface area contributed by atoms with Gasteiger partial charge in [-0.2, -0.15) is 0 Å². The minimum atomic E-state index is -0.136. The summed E-state index contributed by atoms with van der Waals surface area (Å²) in [6, 6.07) is 7.35. The molecule has 0 fully saturated rings. The third-order valence-electron chi connectivity index (χ3n) is 3.21. The number of hydrogen-bond donors (Lipinski definition) is 1. The molecular weight excluding hydrogens is 270 g/mol. The highest BCUT2D eigenvalue weighted by molar-refractivity contribution is 5.45. The molecule has 0 bridgehead atoms. The van der Waals surface area contributed by atoms with Gasteiger partial charge in [0.2, 0.25) is 5.88 Å². The molecule has 1 atom stereocenters. The lowest BCUT2D eigenvalue weighted by molar-refractivity contribution is 0.386. The Bertz CT molecular complexity index is 604. The van der Waals surface area contributed by atoms with Crippen LogP contribution < -0.4 is 19.5 Å². The van der Waals surface area contributed by atoms with Gasteiger partial charge in [-0.05, 0) is 19.2 Å². The van der Waals surface area contributed by atoms with Crippen LogP contribution in [0.25, 0.3) is 0 Å². The standard InChI is InChI=1S/C15H19N3O3/c1-16-15(12-8-14(21-4)18-9-17-12)11-6-5-10(19-2)7-13(11)20-3/h5-9,15-16H,1-4H3. The van der Waals surface area contributed by atoms with Crippen LogP contribution in [0.4, 0.5) is 0 Å². The van der Waals surface area contributed by atoms with Gasteiger partial charge in [-0.1, -0.05) is 0 Å². The molecule has 0 saturated heterocycles. The summed E-state index contributed by atoms with van der Waals surface area (Å²) in [7, 11) is 6.70. The predicted octanol–water partition coefficient (Wildman–Crippen LogP) is 1.81. The van der Waals surface area contributed by atoms with Crippen LogP contribution in [0.15, 0.2) is 30.6 Å². The molecule has 2 aromatic rings. The van der Waals surface area contributed by atoms with E-state index in [1.165, 1.54) is 6.33 Å². The minimum Gasteiger partial charge on any atom is -0.497 e. The van der Waals surface area contributed by atoms with Gasteiger partial charge in [0.25, 0.3) is 0 Å². The lowest BCUT2D eigenvalue weighted by atomic mass is 10.0. The zero-order chi connectivity index (χ0) is 15.2. The van der Waals surface area contributed by atoms with Gasteiger partial charge in [0.1, 0.15) is 17.8 Å². The Hall–Kier alpha value is -2.34. The number of nitrogens with zero attached hydrogens (tertiary/aromatic N) is 2. The molecule has 0 aliphatic heterocycles. The summed E-state index contributed by atoms with van der Waals surface area (Å²) in [6.45, 7) is 0. The topological polar surface area (TPSA) is 65.5 Å². The van der Waals surface area contributed by atoms with Crippen molar-refractivity contribution in [3.63, 3.8) is 0 Å². The van der Waals surface area contributed by atoms with Crippen molar-refractivity contribution in [1.82, 2.24) is 15.3 Å². The maximum Gasteiger partial charge on any atom is 0.216 e. The average Bonchev–Trinajstić information content (AvgIpc) is 2.56. The van der Waals surface area contributed by atoms with Crippen molar-refractivity contribution in [3.05, 3.63) is 41.9 Å². The minimum absolute atomic E-state index is 0.136. The van der Waals surface area contributed by atoms with Crippen molar-refractivity contribution in [1.29, 1.82) is 0 Å². The summed E-state index contributed by atoms with van der Waals surface area (Å²) in [5, 5.41) is 3.23. The van der Waals surface area contributed by atoms with Crippen LogP contribution in [0.3, 0.4) is 0 Å². The fourth-order valence-corrected chi connectivity index (χ4v) is 2.14. The van der Waals surface area contributed by atoms with Crippen LogP contribution in [0.1, 0.15) is 17.3 Å². The number of aromatic nitrogens is 2. The van der Waals surface area contributed by atoms with E-state index in [1.807, 2.05) is 25.2 Å². The van der Waals surface area contributed by atoms with E-state index in [2.05, 4.69) is 15.3 Å². The molecule has 1 heterocycles. The Labute approximate surface area is 124 Å². The first-order chi connectivity index (χ1) is 10.2. The molecule has 1 unspecified atom stereocenters. The maximum absolute atomic E-state index is 5.45. The Balaban J connectivity index is 2.45. The highest BCUT2D eigenvalue weighted by Crippen LogP contribution is 2.32. The van der Waals surface area contributed by atoms with Gasteiger partial charge < -0.3 is 19.5 Å². The second kappa shape index (κ2) is 6.90. The zero-order valence-electron chi connectivity index (χ0n) is 12.6. The molecule has 0 amide bonds. The van der Waals surface area contributed by atoms with E-state index in [1.54, 1.807) is 27.4 Å². The van der Waals surface area contributed by atoms with Crippen molar-refractivity contribution >= 4 is 0 Å². The lowest BCUT2D eigenvalue weighted by Crippen LogP contribution is -2.20. The smallest absolute Gasteiger partial charge is 0.216 e. The van der Waals surface area contributed by atoms with Crippen LogP contribution in [0, 0.1) is 0 Å². The van der Waals surface area contributed by atoms with E-state index in [0.717, 1.165) is 22.8 Å². The second-order valence-electron chi connectivity index (χ2n) is 4.31. The van der Waals surface area contributed by atoms with E-state index in [4.69, 9.17) is 14.2 Å². The first-order valence-corrected chi connectivity index (χ1v) is 6.48. The van der Waals surface area contributed by atoms with Crippen molar-refractivity contribution in [2.24, 2.45) is 0 Å². The van der Waals surface area contributed by atoms with Gasteiger partial charge in [-0.25, -0.2) is 9.97 Å². The van der Waals surface area contributed by atoms with Crippen molar-refractivity contribution in [2.75, 3.05) is 28.4 Å². The molecule has 1 aromatic heterocycles. The maximum atomic E-state index is 5.45. The number of nitrogens with one attached hydrogen (secondary N) is 1. The fourth-order valence-electron chi connectivity index (χ4n) is 2.14. The second-order valence-corrected chi connectivity index (χ2v) is 4.31. The molecule has 0 saturated carbocycles. The summed E-state index contributed by atoms with van der Waals surface area (Å²) in [6.07, 6.45) is 1.48. The highest BCUT2D eigenvalue weighted by Gasteiger charge is 2.19.